The molecule has 1 saturated heterocycles. The van der Waals surface area contributed by atoms with Crippen molar-refractivity contribution in [2.75, 3.05) is 11.4 Å². The molecule has 1 aromatic heterocycles. The van der Waals surface area contributed by atoms with E-state index in [2.05, 4.69) is 11.6 Å². The van der Waals surface area contributed by atoms with Gasteiger partial charge in [0.15, 0.2) is 5.58 Å². The zero-order valence-electron chi connectivity index (χ0n) is 9.60. The molecule has 0 N–H and O–H groups in total. The number of oxazole rings is 1. The molecule has 5 heteroatoms. The molecule has 1 fully saturated rings. The second-order valence-corrected chi connectivity index (χ2v) is 4.75. The van der Waals surface area contributed by atoms with Gasteiger partial charge >= 0.3 is 6.01 Å². The fraction of sp³-hybridized carbons (Fsp3) is 0.231. The van der Waals surface area contributed by atoms with Crippen LogP contribution in [0, 0.1) is 5.92 Å². The molecule has 2 aromatic rings. The molecular formula is C13H11ClN2O2. The molecule has 1 aliphatic rings. The van der Waals surface area contributed by atoms with Crippen molar-refractivity contribution in [3.63, 3.8) is 0 Å². The normalized spacial score (nSPS) is 19.7. The van der Waals surface area contributed by atoms with Crippen LogP contribution in [0.1, 0.15) is 6.42 Å². The van der Waals surface area contributed by atoms with Crippen LogP contribution in [0.5, 0.6) is 0 Å². The zero-order valence-corrected chi connectivity index (χ0v) is 10.4. The number of hydrogen-bond donors (Lipinski definition) is 0. The molecule has 0 bridgehead atoms. The lowest BCUT2D eigenvalue weighted by molar-refractivity contribution is -0.117. The van der Waals surface area contributed by atoms with Gasteiger partial charge in [0.2, 0.25) is 5.91 Å². The number of anilines is 1. The summed E-state index contributed by atoms with van der Waals surface area (Å²) in [5.41, 5.74) is 1.29. The van der Waals surface area contributed by atoms with E-state index in [4.69, 9.17) is 16.0 Å². The summed E-state index contributed by atoms with van der Waals surface area (Å²) in [7, 11) is 0. The first-order valence-electron chi connectivity index (χ1n) is 5.66. The molecule has 1 aromatic carbocycles. The standard InChI is InChI=1S/C13H11ClN2O2/c1-2-8-5-12(17)16(7-8)13-15-10-6-9(14)3-4-11(10)18-13/h2-4,6,8H,1,5,7H2. The van der Waals surface area contributed by atoms with Gasteiger partial charge in [0.05, 0.1) is 0 Å². The number of fused-ring (bicyclic) bond motifs is 1. The van der Waals surface area contributed by atoms with Crippen molar-refractivity contribution >= 4 is 34.6 Å². The molecule has 18 heavy (non-hydrogen) atoms. The first-order chi connectivity index (χ1) is 8.67. The molecule has 0 spiro atoms. The summed E-state index contributed by atoms with van der Waals surface area (Å²) in [4.78, 5) is 17.7. The number of carbonyl (C=O) groups is 1. The molecule has 92 valence electrons. The maximum Gasteiger partial charge on any atom is 0.305 e. The third kappa shape index (κ3) is 1.78. The Morgan fingerprint density at radius 1 is 1.56 bits per heavy atom. The van der Waals surface area contributed by atoms with Crippen LogP contribution in [0.15, 0.2) is 35.3 Å². The highest BCUT2D eigenvalue weighted by molar-refractivity contribution is 6.31. The van der Waals surface area contributed by atoms with E-state index >= 15 is 0 Å². The molecule has 1 unspecified atom stereocenters. The van der Waals surface area contributed by atoms with Gasteiger partial charge in [0.25, 0.3) is 0 Å². The van der Waals surface area contributed by atoms with E-state index in [0.717, 1.165) is 0 Å². The van der Waals surface area contributed by atoms with Crippen molar-refractivity contribution < 1.29 is 9.21 Å². The topological polar surface area (TPSA) is 46.3 Å². The fourth-order valence-corrected chi connectivity index (χ4v) is 2.25. The summed E-state index contributed by atoms with van der Waals surface area (Å²) in [6.07, 6.45) is 2.25. The van der Waals surface area contributed by atoms with Crippen molar-refractivity contribution in [3.8, 4) is 0 Å². The lowest BCUT2D eigenvalue weighted by Crippen LogP contribution is -2.24. The number of hydrogen-bond acceptors (Lipinski definition) is 3. The highest BCUT2D eigenvalue weighted by Gasteiger charge is 2.31. The number of nitrogens with zero attached hydrogens (tertiary/aromatic N) is 2. The molecular weight excluding hydrogens is 252 g/mol. The van der Waals surface area contributed by atoms with Crippen LogP contribution in [0.3, 0.4) is 0 Å². The molecule has 0 saturated carbocycles. The van der Waals surface area contributed by atoms with Gasteiger partial charge in [-0.15, -0.1) is 6.58 Å². The van der Waals surface area contributed by atoms with Crippen molar-refractivity contribution in [2.24, 2.45) is 5.92 Å². The lowest BCUT2D eigenvalue weighted by Gasteiger charge is -2.09. The fourth-order valence-electron chi connectivity index (χ4n) is 2.08. The Bertz CT molecular complexity index is 635. The Labute approximate surface area is 109 Å². The Morgan fingerprint density at radius 2 is 2.39 bits per heavy atom. The number of benzene rings is 1. The summed E-state index contributed by atoms with van der Waals surface area (Å²) >= 11 is 5.89. The van der Waals surface area contributed by atoms with Gasteiger partial charge in [-0.1, -0.05) is 17.7 Å². The van der Waals surface area contributed by atoms with E-state index in [1.165, 1.54) is 0 Å². The van der Waals surface area contributed by atoms with E-state index < -0.39 is 0 Å². The van der Waals surface area contributed by atoms with Crippen LogP contribution >= 0.6 is 11.6 Å². The average Bonchev–Trinajstić information content (AvgIpc) is 2.91. The third-order valence-corrected chi connectivity index (χ3v) is 3.29. The third-order valence-electron chi connectivity index (χ3n) is 3.06. The van der Waals surface area contributed by atoms with Crippen LogP contribution in [0.25, 0.3) is 11.1 Å². The lowest BCUT2D eigenvalue weighted by atomic mass is 10.1. The van der Waals surface area contributed by atoms with E-state index in [-0.39, 0.29) is 11.8 Å². The number of aromatic nitrogens is 1. The number of rotatable bonds is 2. The van der Waals surface area contributed by atoms with Crippen molar-refractivity contribution in [1.29, 1.82) is 0 Å². The summed E-state index contributed by atoms with van der Waals surface area (Å²) in [6.45, 7) is 4.28. The minimum Gasteiger partial charge on any atom is -0.423 e. The molecule has 1 atom stereocenters. The second-order valence-electron chi connectivity index (χ2n) is 4.31. The summed E-state index contributed by atoms with van der Waals surface area (Å²) in [5, 5.41) is 0.596. The highest BCUT2D eigenvalue weighted by Crippen LogP contribution is 2.29. The molecule has 0 aliphatic carbocycles. The minimum absolute atomic E-state index is 0.0116. The predicted molar refractivity (Wildman–Crippen MR) is 69.7 cm³/mol. The highest BCUT2D eigenvalue weighted by atomic mass is 35.5. The van der Waals surface area contributed by atoms with Crippen LogP contribution < -0.4 is 4.90 Å². The monoisotopic (exact) mass is 262 g/mol. The van der Waals surface area contributed by atoms with Gasteiger partial charge in [0.1, 0.15) is 5.52 Å². The van der Waals surface area contributed by atoms with Gasteiger partial charge in [-0.25, -0.2) is 0 Å². The van der Waals surface area contributed by atoms with E-state index in [1.54, 1.807) is 29.2 Å². The van der Waals surface area contributed by atoms with Gasteiger partial charge in [-0.3, -0.25) is 9.69 Å². The predicted octanol–water partition coefficient (Wildman–Crippen LogP) is 3.02. The van der Waals surface area contributed by atoms with Crippen LogP contribution in [0.2, 0.25) is 5.02 Å². The van der Waals surface area contributed by atoms with Crippen molar-refractivity contribution in [1.82, 2.24) is 4.98 Å². The molecule has 3 rings (SSSR count). The number of halogens is 1. The number of amides is 1. The number of carbonyl (C=O) groups excluding carboxylic acids is 1. The first kappa shape index (κ1) is 11.3. The maximum atomic E-state index is 11.8. The van der Waals surface area contributed by atoms with Gasteiger partial charge < -0.3 is 4.42 Å². The van der Waals surface area contributed by atoms with Crippen LogP contribution in [0.4, 0.5) is 6.01 Å². The SMILES string of the molecule is C=CC1CC(=O)N(c2nc3cc(Cl)ccc3o2)C1. The van der Waals surface area contributed by atoms with Crippen molar-refractivity contribution in [2.45, 2.75) is 6.42 Å². The van der Waals surface area contributed by atoms with E-state index in [1.807, 2.05) is 0 Å². The van der Waals surface area contributed by atoms with Crippen LogP contribution in [-0.2, 0) is 4.79 Å². The van der Waals surface area contributed by atoms with E-state index in [9.17, 15) is 4.79 Å². The molecule has 1 amide bonds. The largest absolute Gasteiger partial charge is 0.423 e. The molecule has 4 nitrogen and oxygen atoms in total. The smallest absolute Gasteiger partial charge is 0.305 e. The maximum absolute atomic E-state index is 11.8. The Balaban J connectivity index is 1.99. The zero-order chi connectivity index (χ0) is 12.7. The van der Waals surface area contributed by atoms with Crippen molar-refractivity contribution in [3.05, 3.63) is 35.9 Å². The van der Waals surface area contributed by atoms with Gasteiger partial charge in [-0.05, 0) is 18.2 Å². The Morgan fingerprint density at radius 3 is 3.11 bits per heavy atom. The second kappa shape index (κ2) is 4.14. The molecule has 1 aliphatic heterocycles. The Kier molecular flexibility index (Phi) is 2.59. The van der Waals surface area contributed by atoms with Crippen LogP contribution in [-0.4, -0.2) is 17.4 Å². The first-order valence-corrected chi connectivity index (χ1v) is 6.04. The summed E-state index contributed by atoms with van der Waals surface area (Å²) in [6, 6.07) is 5.54. The molecule has 2 heterocycles. The summed E-state index contributed by atoms with van der Waals surface area (Å²) in [5.74, 6) is 0.175. The van der Waals surface area contributed by atoms with Gasteiger partial charge in [-0.2, -0.15) is 4.98 Å². The Hall–Kier alpha value is -1.81. The van der Waals surface area contributed by atoms with Gasteiger partial charge in [0, 0.05) is 23.9 Å². The molecule has 0 radical (unpaired) electrons. The minimum atomic E-state index is 0.0116. The van der Waals surface area contributed by atoms with E-state index in [0.29, 0.717) is 35.1 Å². The summed E-state index contributed by atoms with van der Waals surface area (Å²) < 4.78 is 5.57. The quantitative estimate of drug-likeness (QED) is 0.782. The average molecular weight is 263 g/mol.